The zero-order valence-electron chi connectivity index (χ0n) is 9.05. The smallest absolute Gasteiger partial charge is 0.170 e. The van der Waals surface area contributed by atoms with Crippen LogP contribution in [0.25, 0.3) is 0 Å². The van der Waals surface area contributed by atoms with Crippen LogP contribution in [0.2, 0.25) is 0 Å². The maximum absolute atomic E-state index is 11.3. The summed E-state index contributed by atoms with van der Waals surface area (Å²) in [5, 5.41) is 0. The molecule has 1 aromatic rings. The number of ether oxygens (including phenoxy) is 1. The van der Waals surface area contributed by atoms with Crippen LogP contribution < -0.4 is 4.74 Å². The Morgan fingerprint density at radius 1 is 1.47 bits per heavy atom. The van der Waals surface area contributed by atoms with Crippen molar-refractivity contribution in [1.82, 2.24) is 0 Å². The molecule has 0 aromatic heterocycles. The lowest BCUT2D eigenvalue weighted by molar-refractivity contribution is -0.121. The van der Waals surface area contributed by atoms with E-state index in [0.717, 1.165) is 22.2 Å². The molecule has 0 aliphatic rings. The summed E-state index contributed by atoms with van der Waals surface area (Å²) in [5.74, 6) is 0.922. The van der Waals surface area contributed by atoms with Crippen molar-refractivity contribution in [1.29, 1.82) is 0 Å². The van der Waals surface area contributed by atoms with Gasteiger partial charge in [-0.1, -0.05) is 28.9 Å². The first kappa shape index (κ1) is 12.2. The Hall–Kier alpha value is -0.830. The van der Waals surface area contributed by atoms with Gasteiger partial charge in [-0.15, -0.1) is 0 Å². The van der Waals surface area contributed by atoms with Gasteiger partial charge in [0, 0.05) is 10.9 Å². The number of aryl methyl sites for hydroxylation is 1. The second kappa shape index (κ2) is 5.91. The van der Waals surface area contributed by atoms with Crippen molar-refractivity contribution in [2.75, 3.05) is 6.61 Å². The molecule has 3 heteroatoms. The van der Waals surface area contributed by atoms with E-state index in [1.54, 1.807) is 0 Å². The Balaban J connectivity index is 2.57. The highest BCUT2D eigenvalue weighted by molar-refractivity contribution is 9.10. The second-order valence-corrected chi connectivity index (χ2v) is 4.40. The van der Waals surface area contributed by atoms with Crippen molar-refractivity contribution < 1.29 is 9.53 Å². The van der Waals surface area contributed by atoms with E-state index in [0.29, 0.717) is 6.42 Å². The lowest BCUT2D eigenvalue weighted by atomic mass is 10.2. The molecule has 0 heterocycles. The van der Waals surface area contributed by atoms with Gasteiger partial charge >= 0.3 is 0 Å². The molecule has 0 saturated heterocycles. The first-order chi connectivity index (χ1) is 7.13. The molecule has 1 rings (SSSR count). The summed E-state index contributed by atoms with van der Waals surface area (Å²) in [6, 6.07) is 5.80. The highest BCUT2D eigenvalue weighted by Crippen LogP contribution is 2.22. The zero-order chi connectivity index (χ0) is 11.3. The average Bonchev–Trinajstić information content (AvgIpc) is 2.20. The van der Waals surface area contributed by atoms with E-state index in [9.17, 15) is 4.79 Å². The number of carbonyl (C=O) groups excluding carboxylic acids is 1. The Bertz CT molecular complexity index is 347. The quantitative estimate of drug-likeness (QED) is 0.819. The molecule has 0 aliphatic carbocycles. The van der Waals surface area contributed by atoms with Crippen LogP contribution in [0.3, 0.4) is 0 Å². The predicted octanol–water partition coefficient (Wildman–Crippen LogP) is 3.51. The molecule has 0 saturated carbocycles. The largest absolute Gasteiger partial charge is 0.486 e. The summed E-state index contributed by atoms with van der Waals surface area (Å²) in [6.07, 6.45) is 1.46. The molecule has 0 bridgehead atoms. The van der Waals surface area contributed by atoms with Crippen LogP contribution >= 0.6 is 15.9 Å². The molecule has 0 N–H and O–H groups in total. The van der Waals surface area contributed by atoms with Crippen molar-refractivity contribution in [3.8, 4) is 5.75 Å². The molecule has 0 fully saturated rings. The van der Waals surface area contributed by atoms with Gasteiger partial charge in [0.2, 0.25) is 0 Å². The summed E-state index contributed by atoms with van der Waals surface area (Å²) in [7, 11) is 0. The molecule has 0 atom stereocenters. The molecule has 1 aromatic carbocycles. The summed E-state index contributed by atoms with van der Waals surface area (Å²) in [5.41, 5.74) is 1.04. The van der Waals surface area contributed by atoms with Crippen molar-refractivity contribution in [2.45, 2.75) is 26.7 Å². The lowest BCUT2D eigenvalue weighted by Gasteiger charge is -2.08. The van der Waals surface area contributed by atoms with Crippen LogP contribution in [-0.4, -0.2) is 12.4 Å². The number of hydrogen-bond acceptors (Lipinski definition) is 2. The Kier molecular flexibility index (Phi) is 4.82. The lowest BCUT2D eigenvalue weighted by Crippen LogP contribution is -2.11. The predicted molar refractivity (Wildman–Crippen MR) is 64.3 cm³/mol. The Morgan fingerprint density at radius 2 is 2.20 bits per heavy atom. The van der Waals surface area contributed by atoms with Crippen molar-refractivity contribution in [3.05, 3.63) is 28.2 Å². The molecule has 82 valence electrons. The van der Waals surface area contributed by atoms with Gasteiger partial charge in [-0.3, -0.25) is 4.79 Å². The first-order valence-electron chi connectivity index (χ1n) is 5.04. The van der Waals surface area contributed by atoms with E-state index in [1.807, 2.05) is 32.0 Å². The summed E-state index contributed by atoms with van der Waals surface area (Å²) < 4.78 is 6.42. The fourth-order valence-electron chi connectivity index (χ4n) is 1.24. The monoisotopic (exact) mass is 270 g/mol. The van der Waals surface area contributed by atoms with E-state index in [4.69, 9.17) is 4.74 Å². The molecule has 0 radical (unpaired) electrons. The van der Waals surface area contributed by atoms with Crippen LogP contribution in [0.5, 0.6) is 5.75 Å². The van der Waals surface area contributed by atoms with Gasteiger partial charge in [-0.25, -0.2) is 0 Å². The summed E-state index contributed by atoms with van der Waals surface area (Å²) >= 11 is 3.37. The van der Waals surface area contributed by atoms with Crippen LogP contribution in [0.4, 0.5) is 0 Å². The number of hydrogen-bond donors (Lipinski definition) is 0. The number of halogens is 1. The van der Waals surface area contributed by atoms with Gasteiger partial charge in [-0.05, 0) is 31.0 Å². The molecule has 0 spiro atoms. The summed E-state index contributed by atoms with van der Waals surface area (Å²) in [4.78, 5) is 11.3. The number of carbonyl (C=O) groups is 1. The Morgan fingerprint density at radius 3 is 2.87 bits per heavy atom. The Labute approximate surface area is 98.8 Å². The molecule has 0 aliphatic heterocycles. The van der Waals surface area contributed by atoms with E-state index in [2.05, 4.69) is 15.9 Å². The third kappa shape index (κ3) is 4.04. The van der Waals surface area contributed by atoms with E-state index >= 15 is 0 Å². The minimum absolute atomic E-state index is 0.150. The van der Waals surface area contributed by atoms with E-state index in [-0.39, 0.29) is 12.4 Å². The van der Waals surface area contributed by atoms with Gasteiger partial charge < -0.3 is 4.74 Å². The highest BCUT2D eigenvalue weighted by atomic mass is 79.9. The molecule has 15 heavy (non-hydrogen) atoms. The van der Waals surface area contributed by atoms with Gasteiger partial charge in [0.05, 0.1) is 0 Å². The van der Waals surface area contributed by atoms with Crippen molar-refractivity contribution in [3.63, 3.8) is 0 Å². The van der Waals surface area contributed by atoms with Gasteiger partial charge in [0.1, 0.15) is 12.4 Å². The van der Waals surface area contributed by atoms with Gasteiger partial charge in [0.25, 0.3) is 0 Å². The minimum atomic E-state index is 0.150. The number of benzene rings is 1. The molecule has 0 amide bonds. The molecular weight excluding hydrogens is 256 g/mol. The third-order valence-electron chi connectivity index (χ3n) is 2.07. The van der Waals surface area contributed by atoms with Crippen molar-refractivity contribution in [2.24, 2.45) is 0 Å². The van der Waals surface area contributed by atoms with Crippen LogP contribution in [0.1, 0.15) is 25.3 Å². The van der Waals surface area contributed by atoms with Gasteiger partial charge in [0.15, 0.2) is 5.78 Å². The normalized spacial score (nSPS) is 10.1. The topological polar surface area (TPSA) is 26.3 Å². The first-order valence-corrected chi connectivity index (χ1v) is 5.83. The fraction of sp³-hybridized carbons (Fsp3) is 0.417. The van der Waals surface area contributed by atoms with E-state index in [1.165, 1.54) is 0 Å². The van der Waals surface area contributed by atoms with Crippen molar-refractivity contribution >= 4 is 21.7 Å². The van der Waals surface area contributed by atoms with E-state index < -0.39 is 0 Å². The van der Waals surface area contributed by atoms with Crippen LogP contribution in [0, 0.1) is 6.92 Å². The number of Topliss-reactive ketones (excluding diaryl/α,β-unsaturated/α-hetero) is 1. The molecular formula is C12H15BrO2. The fourth-order valence-corrected chi connectivity index (χ4v) is 1.58. The zero-order valence-corrected chi connectivity index (χ0v) is 10.6. The van der Waals surface area contributed by atoms with Crippen LogP contribution in [-0.2, 0) is 4.79 Å². The number of rotatable bonds is 5. The summed E-state index contributed by atoms with van der Waals surface area (Å²) in [6.45, 7) is 4.12. The molecule has 2 nitrogen and oxygen atoms in total. The SMILES string of the molecule is CCCC(=O)COc1cc(Br)ccc1C. The second-order valence-electron chi connectivity index (χ2n) is 3.49. The maximum atomic E-state index is 11.3. The standard InChI is InChI=1S/C12H15BrO2/c1-3-4-11(14)8-15-12-7-10(13)6-5-9(12)2/h5-7H,3-4,8H2,1-2H3. The van der Waals surface area contributed by atoms with Crippen LogP contribution in [0.15, 0.2) is 22.7 Å². The average molecular weight is 271 g/mol. The maximum Gasteiger partial charge on any atom is 0.170 e. The minimum Gasteiger partial charge on any atom is -0.486 e. The third-order valence-corrected chi connectivity index (χ3v) is 2.56. The molecule has 0 unspecified atom stereocenters. The highest BCUT2D eigenvalue weighted by Gasteiger charge is 2.04. The number of ketones is 1. The van der Waals surface area contributed by atoms with Gasteiger partial charge in [-0.2, -0.15) is 0 Å².